The topological polar surface area (TPSA) is 3.24 Å². The second kappa shape index (κ2) is 13.7. The summed E-state index contributed by atoms with van der Waals surface area (Å²) in [5.41, 5.74) is 13.0. The highest BCUT2D eigenvalue weighted by Gasteiger charge is 2.15. The quantitative estimate of drug-likeness (QED) is 0.160. The maximum absolute atomic E-state index is 2.37. The lowest BCUT2D eigenvalue weighted by molar-refractivity contribution is 1.28. The van der Waals surface area contributed by atoms with Gasteiger partial charge in [0.05, 0.1) is 0 Å². The molecule has 1 nitrogen and oxygen atoms in total. The molecule has 0 fully saturated rings. The van der Waals surface area contributed by atoms with Gasteiger partial charge in [0.25, 0.3) is 0 Å². The third-order valence-corrected chi connectivity index (χ3v) is 11.7. The van der Waals surface area contributed by atoms with Gasteiger partial charge in [-0.1, -0.05) is 164 Å². The van der Waals surface area contributed by atoms with Crippen molar-refractivity contribution in [2.24, 2.45) is 0 Å². The lowest BCUT2D eigenvalue weighted by Gasteiger charge is -2.26. The van der Waals surface area contributed by atoms with E-state index >= 15 is 0 Å². The van der Waals surface area contributed by atoms with Gasteiger partial charge < -0.3 is 4.90 Å². The minimum Gasteiger partial charge on any atom is -0.310 e. The maximum Gasteiger partial charge on any atom is 0.0467 e. The van der Waals surface area contributed by atoms with Crippen LogP contribution < -0.4 is 4.90 Å². The Morgan fingerprint density at radius 1 is 0.278 bits per heavy atom. The normalized spacial score (nSPS) is 11.3. The van der Waals surface area contributed by atoms with Crippen molar-refractivity contribution in [1.82, 2.24) is 0 Å². The fourth-order valence-corrected chi connectivity index (χ4v) is 8.90. The minimum atomic E-state index is 1.11. The molecule has 0 bridgehead atoms. The molecule has 9 aromatic carbocycles. The lowest BCUT2D eigenvalue weighted by atomic mass is 9.99. The van der Waals surface area contributed by atoms with Gasteiger partial charge in [-0.2, -0.15) is 0 Å². The summed E-state index contributed by atoms with van der Waals surface area (Å²) in [5, 5.41) is 5.26. The summed E-state index contributed by atoms with van der Waals surface area (Å²) in [7, 11) is 0. The smallest absolute Gasteiger partial charge is 0.0467 e. The van der Waals surface area contributed by atoms with Crippen LogP contribution in [0, 0.1) is 0 Å². The Morgan fingerprint density at radius 3 is 1.41 bits per heavy atom. The zero-order valence-electron chi connectivity index (χ0n) is 29.6. The van der Waals surface area contributed by atoms with Crippen molar-refractivity contribution in [3.8, 4) is 44.5 Å². The molecule has 2 heteroatoms. The molecule has 0 N–H and O–H groups in total. The van der Waals surface area contributed by atoms with Crippen LogP contribution >= 0.6 is 11.3 Å². The van der Waals surface area contributed by atoms with Crippen molar-refractivity contribution in [3.63, 3.8) is 0 Å². The van der Waals surface area contributed by atoms with Gasteiger partial charge in [0, 0.05) is 37.2 Å². The molecule has 0 aliphatic carbocycles. The Kier molecular flexibility index (Phi) is 8.09. The first-order chi connectivity index (χ1) is 26.7. The average Bonchev–Trinajstić information content (AvgIpc) is 3.64. The summed E-state index contributed by atoms with van der Waals surface area (Å²) >= 11 is 1.89. The number of benzene rings is 9. The molecule has 10 aromatic rings. The largest absolute Gasteiger partial charge is 0.310 e. The molecule has 1 aromatic heterocycles. The van der Waals surface area contributed by atoms with Crippen LogP contribution in [0.3, 0.4) is 0 Å². The van der Waals surface area contributed by atoms with Crippen molar-refractivity contribution in [2.45, 2.75) is 0 Å². The third kappa shape index (κ3) is 5.93. The van der Waals surface area contributed by atoms with E-state index in [0.29, 0.717) is 0 Å². The molecule has 0 saturated carbocycles. The fourth-order valence-electron chi connectivity index (χ4n) is 7.68. The van der Waals surface area contributed by atoms with Gasteiger partial charge in [-0.25, -0.2) is 0 Å². The van der Waals surface area contributed by atoms with Crippen LogP contribution in [0.5, 0.6) is 0 Å². The summed E-state index contributed by atoms with van der Waals surface area (Å²) in [5.74, 6) is 0. The predicted molar refractivity (Wildman–Crippen MR) is 233 cm³/mol. The van der Waals surface area contributed by atoms with E-state index in [9.17, 15) is 0 Å². The summed E-state index contributed by atoms with van der Waals surface area (Å²) in [6.45, 7) is 0. The second-order valence-electron chi connectivity index (χ2n) is 13.8. The molecule has 0 amide bonds. The molecule has 254 valence electrons. The maximum atomic E-state index is 2.37. The van der Waals surface area contributed by atoms with E-state index in [2.05, 4.69) is 217 Å². The molecule has 54 heavy (non-hydrogen) atoms. The van der Waals surface area contributed by atoms with Gasteiger partial charge in [0.2, 0.25) is 0 Å². The van der Waals surface area contributed by atoms with Crippen LogP contribution in [0.25, 0.3) is 75.5 Å². The van der Waals surface area contributed by atoms with Gasteiger partial charge in [-0.15, -0.1) is 11.3 Å². The Hall–Kier alpha value is -6.74. The highest BCUT2D eigenvalue weighted by Crippen LogP contribution is 2.42. The molecule has 0 spiro atoms. The first kappa shape index (κ1) is 32.0. The van der Waals surface area contributed by atoms with Crippen LogP contribution in [-0.2, 0) is 0 Å². The minimum absolute atomic E-state index is 1.11. The molecule has 0 atom stereocenters. The Balaban J connectivity index is 1.01. The van der Waals surface area contributed by atoms with Crippen molar-refractivity contribution in [1.29, 1.82) is 0 Å². The van der Waals surface area contributed by atoms with E-state index in [1.54, 1.807) is 0 Å². The third-order valence-electron chi connectivity index (χ3n) is 10.5. The number of hydrogen-bond acceptors (Lipinski definition) is 2. The Labute approximate surface area is 319 Å². The van der Waals surface area contributed by atoms with Crippen molar-refractivity contribution in [2.75, 3.05) is 4.90 Å². The SMILES string of the molecule is c1ccc(-c2ccc(-c3ccc(N(c4ccc(-c5ccc6sc7c8ccccc8ccc7c6c5)cc4)c4cccc(-c5ccccc5)c4)cc3)cc2)cc1. The number of thiophene rings is 1. The summed E-state index contributed by atoms with van der Waals surface area (Å²) < 4.78 is 2.68. The van der Waals surface area contributed by atoms with Gasteiger partial charge >= 0.3 is 0 Å². The van der Waals surface area contributed by atoms with Crippen molar-refractivity contribution in [3.05, 3.63) is 212 Å². The first-order valence-electron chi connectivity index (χ1n) is 18.4. The van der Waals surface area contributed by atoms with Gasteiger partial charge in [-0.05, 0) is 104 Å². The Morgan fingerprint density at radius 2 is 0.759 bits per heavy atom. The van der Waals surface area contributed by atoms with E-state index in [1.165, 1.54) is 75.5 Å². The van der Waals surface area contributed by atoms with Gasteiger partial charge in [-0.3, -0.25) is 0 Å². The van der Waals surface area contributed by atoms with Crippen LogP contribution in [0.15, 0.2) is 212 Å². The molecule has 0 aliphatic rings. The van der Waals surface area contributed by atoms with Gasteiger partial charge in [0.15, 0.2) is 0 Å². The Bertz CT molecular complexity index is 2890. The highest BCUT2D eigenvalue weighted by atomic mass is 32.1. The zero-order valence-corrected chi connectivity index (χ0v) is 30.4. The molecule has 0 aliphatic heterocycles. The van der Waals surface area contributed by atoms with E-state index in [0.717, 1.165) is 17.1 Å². The fraction of sp³-hybridized carbons (Fsp3) is 0. The van der Waals surface area contributed by atoms with Crippen molar-refractivity contribution >= 4 is 59.3 Å². The highest BCUT2D eigenvalue weighted by molar-refractivity contribution is 7.26. The van der Waals surface area contributed by atoms with E-state index in [1.807, 2.05) is 11.3 Å². The molecule has 0 saturated heterocycles. The van der Waals surface area contributed by atoms with Crippen molar-refractivity contribution < 1.29 is 0 Å². The summed E-state index contributed by atoms with van der Waals surface area (Å²) in [4.78, 5) is 2.36. The molecule has 0 radical (unpaired) electrons. The summed E-state index contributed by atoms with van der Waals surface area (Å²) in [6.07, 6.45) is 0. The van der Waals surface area contributed by atoms with Gasteiger partial charge in [0.1, 0.15) is 0 Å². The number of rotatable bonds is 7. The van der Waals surface area contributed by atoms with Crippen LogP contribution in [0.2, 0.25) is 0 Å². The van der Waals surface area contributed by atoms with Crippen LogP contribution in [0.4, 0.5) is 17.1 Å². The van der Waals surface area contributed by atoms with E-state index < -0.39 is 0 Å². The van der Waals surface area contributed by atoms with Crippen LogP contribution in [-0.4, -0.2) is 0 Å². The summed E-state index contributed by atoms with van der Waals surface area (Å²) in [6, 6.07) is 77.0. The molecule has 1 heterocycles. The van der Waals surface area contributed by atoms with E-state index in [4.69, 9.17) is 0 Å². The predicted octanol–water partition coefficient (Wildman–Crippen LogP) is 15.3. The molecule has 0 unspecified atom stereocenters. The second-order valence-corrected chi connectivity index (χ2v) is 14.8. The lowest BCUT2D eigenvalue weighted by Crippen LogP contribution is -2.10. The van der Waals surface area contributed by atoms with E-state index in [-0.39, 0.29) is 0 Å². The molecular weight excluding hydrogens is 671 g/mol. The zero-order chi connectivity index (χ0) is 35.8. The first-order valence-corrected chi connectivity index (χ1v) is 19.2. The standard InChI is InChI=1S/C52H35NS/c1-3-10-36(11-4-1)38-18-20-39(21-19-38)40-22-28-45(29-23-40)53(47-16-9-15-43(34-47)37-12-5-2-6-13-37)46-30-24-41(25-31-46)44-27-33-51-50(35-44)49-32-26-42-14-7-8-17-48(42)52(49)54-51/h1-35H. The number of anilines is 3. The molecule has 10 rings (SSSR count). The molecular formula is C52H35NS. The monoisotopic (exact) mass is 705 g/mol. The average molecular weight is 706 g/mol. The van der Waals surface area contributed by atoms with Crippen LogP contribution in [0.1, 0.15) is 0 Å². The number of hydrogen-bond donors (Lipinski definition) is 0. The number of fused-ring (bicyclic) bond motifs is 5. The number of nitrogens with zero attached hydrogens (tertiary/aromatic N) is 1.